The molecule has 1 N–H and O–H groups in total. The first-order valence-corrected chi connectivity index (χ1v) is 11.8. The maximum absolute atomic E-state index is 8.91. The molecule has 1 aromatic rings. The van der Waals surface area contributed by atoms with Crippen molar-refractivity contribution in [2.24, 2.45) is 0 Å². The molecule has 0 amide bonds. The highest BCUT2D eigenvalue weighted by molar-refractivity contribution is 7.99. The number of likely N-dealkylation sites (tertiary alicyclic amines) is 1. The SMILES string of the molecule is C=C(C#N)C(NCCCCCCOc1cccc(CN2CCCCC2)c1)SC. The number of thioether (sulfide) groups is 1. The molecular weight excluding hydrogens is 366 g/mol. The van der Waals surface area contributed by atoms with Gasteiger partial charge in [0.15, 0.2) is 0 Å². The molecule has 154 valence electrons. The van der Waals surface area contributed by atoms with Crippen molar-refractivity contribution in [3.8, 4) is 11.8 Å². The van der Waals surface area contributed by atoms with Gasteiger partial charge < -0.3 is 10.1 Å². The Morgan fingerprint density at radius 3 is 2.79 bits per heavy atom. The molecule has 0 aliphatic carbocycles. The van der Waals surface area contributed by atoms with E-state index in [1.165, 1.54) is 44.3 Å². The Bertz CT molecular complexity index is 623. The van der Waals surface area contributed by atoms with Crippen LogP contribution in [0.5, 0.6) is 5.75 Å². The van der Waals surface area contributed by atoms with Crippen LogP contribution in [0.2, 0.25) is 0 Å². The number of nitriles is 1. The van der Waals surface area contributed by atoms with Crippen LogP contribution in [0.1, 0.15) is 50.5 Å². The quantitative estimate of drug-likeness (QED) is 0.287. The molecule has 1 fully saturated rings. The predicted molar refractivity (Wildman–Crippen MR) is 120 cm³/mol. The molecule has 1 atom stereocenters. The zero-order valence-corrected chi connectivity index (χ0v) is 18.1. The van der Waals surface area contributed by atoms with Gasteiger partial charge >= 0.3 is 0 Å². The van der Waals surface area contributed by atoms with Crippen molar-refractivity contribution in [3.63, 3.8) is 0 Å². The van der Waals surface area contributed by atoms with Crippen LogP contribution in [0.4, 0.5) is 0 Å². The minimum atomic E-state index is 0.0468. The van der Waals surface area contributed by atoms with Crippen molar-refractivity contribution in [3.05, 3.63) is 42.0 Å². The van der Waals surface area contributed by atoms with E-state index >= 15 is 0 Å². The van der Waals surface area contributed by atoms with E-state index in [0.717, 1.165) is 44.7 Å². The number of hydrogen-bond acceptors (Lipinski definition) is 5. The molecular formula is C23H35N3OS. The minimum Gasteiger partial charge on any atom is -0.494 e. The summed E-state index contributed by atoms with van der Waals surface area (Å²) >= 11 is 1.63. The zero-order valence-electron chi connectivity index (χ0n) is 17.3. The second-order valence-electron chi connectivity index (χ2n) is 7.45. The summed E-state index contributed by atoms with van der Waals surface area (Å²) in [6, 6.07) is 10.7. The van der Waals surface area contributed by atoms with Crippen molar-refractivity contribution in [2.45, 2.75) is 56.9 Å². The van der Waals surface area contributed by atoms with Crippen LogP contribution in [0.3, 0.4) is 0 Å². The molecule has 1 heterocycles. The van der Waals surface area contributed by atoms with Crippen molar-refractivity contribution >= 4 is 11.8 Å². The topological polar surface area (TPSA) is 48.3 Å². The third kappa shape index (κ3) is 8.68. The molecule has 0 bridgehead atoms. The molecule has 0 spiro atoms. The summed E-state index contributed by atoms with van der Waals surface area (Å²) in [5.74, 6) is 0.994. The smallest absolute Gasteiger partial charge is 0.119 e. The van der Waals surface area contributed by atoms with Crippen molar-refractivity contribution in [2.75, 3.05) is 32.5 Å². The molecule has 0 aromatic heterocycles. The fourth-order valence-corrected chi connectivity index (χ4v) is 4.14. The van der Waals surface area contributed by atoms with Crippen LogP contribution >= 0.6 is 11.8 Å². The first-order valence-electron chi connectivity index (χ1n) is 10.5. The standard InChI is InChI=1S/C23H35N3OS/c1-20(18-24)23(28-2)25-13-6-3-4-9-16-27-22-12-10-11-21(17-22)19-26-14-7-5-8-15-26/h10-12,17,23,25H,1,3-9,13-16,19H2,2H3. The number of unbranched alkanes of at least 4 members (excludes halogenated alkanes) is 3. The van der Waals surface area contributed by atoms with E-state index in [4.69, 9.17) is 10.00 Å². The molecule has 1 aromatic carbocycles. The number of nitrogens with zero attached hydrogens (tertiary/aromatic N) is 2. The van der Waals surface area contributed by atoms with Crippen molar-refractivity contribution in [1.82, 2.24) is 10.2 Å². The van der Waals surface area contributed by atoms with E-state index in [1.807, 2.05) is 6.26 Å². The second-order valence-corrected chi connectivity index (χ2v) is 8.40. The summed E-state index contributed by atoms with van der Waals surface area (Å²) in [6.45, 7) is 8.98. The highest BCUT2D eigenvalue weighted by Gasteiger charge is 2.11. The maximum atomic E-state index is 8.91. The van der Waals surface area contributed by atoms with Crippen LogP contribution in [0.25, 0.3) is 0 Å². The zero-order chi connectivity index (χ0) is 20.0. The Balaban J connectivity index is 1.55. The third-order valence-electron chi connectivity index (χ3n) is 5.12. The lowest BCUT2D eigenvalue weighted by molar-refractivity contribution is 0.220. The number of benzene rings is 1. The Labute approximate surface area is 175 Å². The minimum absolute atomic E-state index is 0.0468. The normalized spacial score (nSPS) is 15.7. The first-order chi connectivity index (χ1) is 13.7. The van der Waals surface area contributed by atoms with Crippen LogP contribution in [0.15, 0.2) is 36.4 Å². The third-order valence-corrected chi connectivity index (χ3v) is 6.04. The Kier molecular flexibility index (Phi) is 11.1. The molecule has 2 rings (SSSR count). The number of piperidine rings is 1. The Hall–Kier alpha value is -1.48. The van der Waals surface area contributed by atoms with Crippen molar-refractivity contribution < 1.29 is 4.74 Å². The monoisotopic (exact) mass is 401 g/mol. The lowest BCUT2D eigenvalue weighted by Crippen LogP contribution is -2.29. The van der Waals surface area contributed by atoms with E-state index in [2.05, 4.69) is 47.1 Å². The van der Waals surface area contributed by atoms with E-state index in [-0.39, 0.29) is 5.37 Å². The summed E-state index contributed by atoms with van der Waals surface area (Å²) in [7, 11) is 0. The van der Waals surface area contributed by atoms with Crippen LogP contribution in [0, 0.1) is 11.3 Å². The van der Waals surface area contributed by atoms with Gasteiger partial charge in [-0.25, -0.2) is 0 Å². The lowest BCUT2D eigenvalue weighted by Gasteiger charge is -2.26. The van der Waals surface area contributed by atoms with Gasteiger partial charge in [0.25, 0.3) is 0 Å². The van der Waals surface area contributed by atoms with E-state index in [0.29, 0.717) is 5.57 Å². The Morgan fingerprint density at radius 1 is 1.25 bits per heavy atom. The van der Waals surface area contributed by atoms with Crippen LogP contribution in [-0.4, -0.2) is 42.8 Å². The van der Waals surface area contributed by atoms with Gasteiger partial charge in [-0.15, -0.1) is 11.8 Å². The van der Waals surface area contributed by atoms with Gasteiger partial charge in [-0.1, -0.05) is 38.0 Å². The summed E-state index contributed by atoms with van der Waals surface area (Å²) in [6.07, 6.45) is 10.6. The van der Waals surface area contributed by atoms with Gasteiger partial charge in [0, 0.05) is 12.1 Å². The predicted octanol–water partition coefficient (Wildman–Crippen LogP) is 4.97. The average Bonchev–Trinajstić information content (AvgIpc) is 2.73. The van der Waals surface area contributed by atoms with Crippen molar-refractivity contribution in [1.29, 1.82) is 5.26 Å². The largest absolute Gasteiger partial charge is 0.494 e. The number of hydrogen-bond donors (Lipinski definition) is 1. The van der Waals surface area contributed by atoms with E-state index in [9.17, 15) is 0 Å². The molecule has 1 aliphatic heterocycles. The fraction of sp³-hybridized carbons (Fsp3) is 0.609. The molecule has 1 saturated heterocycles. The Morgan fingerprint density at radius 2 is 2.04 bits per heavy atom. The molecule has 4 nitrogen and oxygen atoms in total. The van der Waals surface area contributed by atoms with Gasteiger partial charge in [0.1, 0.15) is 5.75 Å². The van der Waals surface area contributed by atoms with Gasteiger partial charge in [-0.2, -0.15) is 5.26 Å². The number of ether oxygens (including phenoxy) is 1. The maximum Gasteiger partial charge on any atom is 0.119 e. The summed E-state index contributed by atoms with van der Waals surface area (Å²) in [5.41, 5.74) is 1.95. The van der Waals surface area contributed by atoms with Gasteiger partial charge in [0.2, 0.25) is 0 Å². The molecule has 5 heteroatoms. The molecule has 0 saturated carbocycles. The van der Waals surface area contributed by atoms with Crippen LogP contribution in [-0.2, 0) is 6.54 Å². The highest BCUT2D eigenvalue weighted by atomic mass is 32.2. The summed E-state index contributed by atoms with van der Waals surface area (Å²) in [4.78, 5) is 2.55. The molecule has 1 aliphatic rings. The number of rotatable bonds is 13. The molecule has 1 unspecified atom stereocenters. The van der Waals surface area contributed by atoms with Gasteiger partial charge in [-0.3, -0.25) is 4.90 Å². The van der Waals surface area contributed by atoms with E-state index in [1.54, 1.807) is 11.8 Å². The van der Waals surface area contributed by atoms with Crippen LogP contribution < -0.4 is 10.1 Å². The molecule has 0 radical (unpaired) electrons. The van der Waals surface area contributed by atoms with E-state index < -0.39 is 0 Å². The lowest BCUT2D eigenvalue weighted by atomic mass is 10.1. The van der Waals surface area contributed by atoms with Gasteiger partial charge in [-0.05, 0) is 69.3 Å². The summed E-state index contributed by atoms with van der Waals surface area (Å²) < 4.78 is 5.96. The second kappa shape index (κ2) is 13.7. The fourth-order valence-electron chi connectivity index (χ4n) is 3.52. The molecule has 28 heavy (non-hydrogen) atoms. The highest BCUT2D eigenvalue weighted by Crippen LogP contribution is 2.18. The number of nitrogens with one attached hydrogen (secondary N) is 1. The first kappa shape index (κ1) is 22.8. The average molecular weight is 402 g/mol. The summed E-state index contributed by atoms with van der Waals surface area (Å²) in [5, 5.41) is 12.3. The van der Waals surface area contributed by atoms with Gasteiger partial charge in [0.05, 0.1) is 18.0 Å².